The van der Waals surface area contributed by atoms with Gasteiger partial charge in [-0.3, -0.25) is 4.79 Å². The fourth-order valence-corrected chi connectivity index (χ4v) is 2.20. The highest BCUT2D eigenvalue weighted by Crippen LogP contribution is 2.18. The molecule has 0 fully saturated rings. The van der Waals surface area contributed by atoms with E-state index in [2.05, 4.69) is 25.2 Å². The second-order valence-corrected chi connectivity index (χ2v) is 4.93. The summed E-state index contributed by atoms with van der Waals surface area (Å²) in [6.07, 6.45) is 1.77. The van der Waals surface area contributed by atoms with Crippen molar-refractivity contribution in [3.05, 3.63) is 64.6 Å². The van der Waals surface area contributed by atoms with Gasteiger partial charge in [-0.1, -0.05) is 25.1 Å². The van der Waals surface area contributed by atoms with Gasteiger partial charge in [0, 0.05) is 18.3 Å². The lowest BCUT2D eigenvalue weighted by Crippen LogP contribution is -2.21. The lowest BCUT2D eigenvalue weighted by atomic mass is 10.1. The van der Waals surface area contributed by atoms with Gasteiger partial charge in [0.1, 0.15) is 12.4 Å². The molecule has 2 aromatic rings. The minimum absolute atomic E-state index is 0.00406. The van der Waals surface area contributed by atoms with E-state index < -0.39 is 0 Å². The molecular formula is C17H22N2O2. The van der Waals surface area contributed by atoms with Gasteiger partial charge in [0.05, 0.1) is 6.54 Å². The van der Waals surface area contributed by atoms with Crippen LogP contribution in [-0.4, -0.2) is 17.7 Å². The largest absolute Gasteiger partial charge is 0.492 e. The second kappa shape index (κ2) is 7.64. The van der Waals surface area contributed by atoms with E-state index in [-0.39, 0.29) is 5.56 Å². The first kappa shape index (κ1) is 15.3. The standard InChI is InChI=1S/C17H22N2O2/c1-3-18-14(2)15-7-6-8-16(13-15)21-12-11-19-10-5-4-9-17(19)20/h4-10,13-14,18H,3,11-12H2,1-2H3. The lowest BCUT2D eigenvalue weighted by molar-refractivity contribution is 0.296. The zero-order valence-electron chi connectivity index (χ0n) is 12.6. The fourth-order valence-electron chi connectivity index (χ4n) is 2.20. The third-order valence-electron chi connectivity index (χ3n) is 3.37. The first-order valence-corrected chi connectivity index (χ1v) is 7.32. The third kappa shape index (κ3) is 4.46. The number of benzene rings is 1. The Hall–Kier alpha value is -2.07. The Labute approximate surface area is 125 Å². The van der Waals surface area contributed by atoms with E-state index in [1.807, 2.05) is 24.3 Å². The Morgan fingerprint density at radius 3 is 2.86 bits per heavy atom. The van der Waals surface area contributed by atoms with Gasteiger partial charge in [-0.25, -0.2) is 0 Å². The van der Waals surface area contributed by atoms with E-state index in [0.717, 1.165) is 12.3 Å². The molecule has 0 saturated heterocycles. The lowest BCUT2D eigenvalue weighted by Gasteiger charge is -2.14. The molecule has 112 valence electrons. The minimum Gasteiger partial charge on any atom is -0.492 e. The van der Waals surface area contributed by atoms with Crippen LogP contribution in [0, 0.1) is 0 Å². The van der Waals surface area contributed by atoms with Crippen molar-refractivity contribution in [2.45, 2.75) is 26.4 Å². The average molecular weight is 286 g/mol. The highest BCUT2D eigenvalue weighted by Gasteiger charge is 2.04. The van der Waals surface area contributed by atoms with Crippen molar-refractivity contribution >= 4 is 0 Å². The summed E-state index contributed by atoms with van der Waals surface area (Å²) in [5, 5.41) is 3.38. The molecule has 1 aromatic heterocycles. The predicted octanol–water partition coefficient (Wildman–Crippen LogP) is 2.60. The maximum atomic E-state index is 11.6. The molecule has 2 rings (SSSR count). The molecule has 0 bridgehead atoms. The Bertz CT molecular complexity index is 622. The Balaban J connectivity index is 1.93. The Morgan fingerprint density at radius 2 is 2.10 bits per heavy atom. The van der Waals surface area contributed by atoms with Crippen LogP contribution >= 0.6 is 0 Å². The van der Waals surface area contributed by atoms with Crippen molar-refractivity contribution in [3.63, 3.8) is 0 Å². The van der Waals surface area contributed by atoms with Gasteiger partial charge in [-0.2, -0.15) is 0 Å². The van der Waals surface area contributed by atoms with Crippen LogP contribution in [-0.2, 0) is 6.54 Å². The summed E-state index contributed by atoms with van der Waals surface area (Å²) in [4.78, 5) is 11.6. The monoisotopic (exact) mass is 286 g/mol. The van der Waals surface area contributed by atoms with Crippen LogP contribution in [0.5, 0.6) is 5.75 Å². The maximum absolute atomic E-state index is 11.6. The van der Waals surface area contributed by atoms with Crippen LogP contribution < -0.4 is 15.6 Å². The molecule has 21 heavy (non-hydrogen) atoms. The number of pyridine rings is 1. The first-order valence-electron chi connectivity index (χ1n) is 7.32. The number of hydrogen-bond acceptors (Lipinski definition) is 3. The highest BCUT2D eigenvalue weighted by molar-refractivity contribution is 5.30. The van der Waals surface area contributed by atoms with Gasteiger partial charge >= 0.3 is 0 Å². The van der Waals surface area contributed by atoms with Gasteiger partial charge in [0.2, 0.25) is 0 Å². The topological polar surface area (TPSA) is 43.3 Å². The number of rotatable bonds is 7. The van der Waals surface area contributed by atoms with Crippen molar-refractivity contribution in [2.24, 2.45) is 0 Å². The Morgan fingerprint density at radius 1 is 1.24 bits per heavy atom. The summed E-state index contributed by atoms with van der Waals surface area (Å²) < 4.78 is 7.39. The molecule has 0 radical (unpaired) electrons. The molecule has 0 aliphatic heterocycles. The van der Waals surface area contributed by atoms with Crippen LogP contribution in [0.4, 0.5) is 0 Å². The van der Waals surface area contributed by atoms with Gasteiger partial charge in [-0.15, -0.1) is 0 Å². The van der Waals surface area contributed by atoms with E-state index in [4.69, 9.17) is 4.74 Å². The van der Waals surface area contributed by atoms with E-state index in [1.54, 1.807) is 22.9 Å². The second-order valence-electron chi connectivity index (χ2n) is 4.93. The number of nitrogens with one attached hydrogen (secondary N) is 1. The Kier molecular flexibility index (Phi) is 5.58. The minimum atomic E-state index is -0.00406. The average Bonchev–Trinajstić information content (AvgIpc) is 2.50. The molecule has 4 heteroatoms. The molecule has 1 unspecified atom stereocenters. The smallest absolute Gasteiger partial charge is 0.250 e. The quantitative estimate of drug-likeness (QED) is 0.851. The van der Waals surface area contributed by atoms with E-state index in [9.17, 15) is 4.79 Å². The first-order chi connectivity index (χ1) is 10.2. The normalized spacial score (nSPS) is 12.1. The number of ether oxygens (including phenoxy) is 1. The molecule has 0 aliphatic rings. The SMILES string of the molecule is CCNC(C)c1cccc(OCCn2ccccc2=O)c1. The number of aromatic nitrogens is 1. The number of nitrogens with zero attached hydrogens (tertiary/aromatic N) is 1. The van der Waals surface area contributed by atoms with E-state index in [1.165, 1.54) is 5.56 Å². The summed E-state index contributed by atoms with van der Waals surface area (Å²) in [6.45, 7) is 6.18. The van der Waals surface area contributed by atoms with Crippen LogP contribution in [0.25, 0.3) is 0 Å². The van der Waals surface area contributed by atoms with Crippen molar-refractivity contribution in [3.8, 4) is 5.75 Å². The van der Waals surface area contributed by atoms with Crippen molar-refractivity contribution in [2.75, 3.05) is 13.2 Å². The molecule has 0 amide bonds. The third-order valence-corrected chi connectivity index (χ3v) is 3.37. The fraction of sp³-hybridized carbons (Fsp3) is 0.353. The summed E-state index contributed by atoms with van der Waals surface area (Å²) in [5.74, 6) is 0.834. The van der Waals surface area contributed by atoms with Crippen LogP contribution in [0.3, 0.4) is 0 Å². The molecule has 0 aliphatic carbocycles. The molecule has 1 heterocycles. The van der Waals surface area contributed by atoms with Crippen molar-refractivity contribution in [1.29, 1.82) is 0 Å². The van der Waals surface area contributed by atoms with Crippen molar-refractivity contribution < 1.29 is 4.74 Å². The summed E-state index contributed by atoms with van der Waals surface area (Å²) in [5.41, 5.74) is 1.20. The van der Waals surface area contributed by atoms with Gasteiger partial charge in [0.25, 0.3) is 5.56 Å². The summed E-state index contributed by atoms with van der Waals surface area (Å²) in [6, 6.07) is 13.5. The van der Waals surface area contributed by atoms with Crippen LogP contribution in [0.1, 0.15) is 25.5 Å². The molecule has 1 atom stereocenters. The molecule has 1 N–H and O–H groups in total. The van der Waals surface area contributed by atoms with Crippen LogP contribution in [0.2, 0.25) is 0 Å². The zero-order chi connectivity index (χ0) is 15.1. The molecule has 4 nitrogen and oxygen atoms in total. The predicted molar refractivity (Wildman–Crippen MR) is 84.7 cm³/mol. The molecule has 0 spiro atoms. The van der Waals surface area contributed by atoms with Crippen molar-refractivity contribution in [1.82, 2.24) is 9.88 Å². The van der Waals surface area contributed by atoms with E-state index in [0.29, 0.717) is 19.2 Å². The van der Waals surface area contributed by atoms with Crippen LogP contribution in [0.15, 0.2) is 53.5 Å². The molecular weight excluding hydrogens is 264 g/mol. The molecule has 1 aromatic carbocycles. The van der Waals surface area contributed by atoms with Gasteiger partial charge < -0.3 is 14.6 Å². The number of hydrogen-bond donors (Lipinski definition) is 1. The zero-order valence-corrected chi connectivity index (χ0v) is 12.6. The summed E-state index contributed by atoms with van der Waals surface area (Å²) >= 11 is 0. The van der Waals surface area contributed by atoms with Gasteiger partial charge in [0.15, 0.2) is 0 Å². The summed E-state index contributed by atoms with van der Waals surface area (Å²) in [7, 11) is 0. The highest BCUT2D eigenvalue weighted by atomic mass is 16.5. The maximum Gasteiger partial charge on any atom is 0.250 e. The molecule has 0 saturated carbocycles. The van der Waals surface area contributed by atoms with E-state index >= 15 is 0 Å². The van der Waals surface area contributed by atoms with Gasteiger partial charge in [-0.05, 0) is 37.2 Å².